The Balaban J connectivity index is 2.14. The van der Waals surface area contributed by atoms with Gasteiger partial charge in [-0.1, -0.05) is 19.1 Å². The summed E-state index contributed by atoms with van der Waals surface area (Å²) in [4.78, 5) is 0. The maximum Gasteiger partial charge on any atom is 0.0756 e. The Morgan fingerprint density at radius 1 is 1.71 bits per heavy atom. The van der Waals surface area contributed by atoms with Crippen molar-refractivity contribution in [2.75, 3.05) is 6.54 Å². The minimum Gasteiger partial charge on any atom is -0.309 e. The number of aryl methyl sites for hydroxylation is 1. The van der Waals surface area contributed by atoms with Crippen molar-refractivity contribution in [1.82, 2.24) is 20.3 Å². The van der Waals surface area contributed by atoms with Gasteiger partial charge in [0.05, 0.1) is 17.9 Å². The zero-order valence-electron chi connectivity index (χ0n) is 9.07. The molecule has 1 N–H and O–H groups in total. The van der Waals surface area contributed by atoms with Crippen LogP contribution in [0.25, 0.3) is 0 Å². The molecule has 1 aromatic heterocycles. The van der Waals surface area contributed by atoms with Gasteiger partial charge < -0.3 is 5.32 Å². The Morgan fingerprint density at radius 2 is 2.43 bits per heavy atom. The smallest absolute Gasteiger partial charge is 0.0756 e. The molecule has 1 fully saturated rings. The summed E-state index contributed by atoms with van der Waals surface area (Å²) in [5.74, 6) is 1.61. The number of hydrogen-bond donors (Lipinski definition) is 1. The van der Waals surface area contributed by atoms with E-state index in [1.54, 1.807) is 0 Å². The molecule has 0 aliphatic heterocycles. The van der Waals surface area contributed by atoms with Crippen molar-refractivity contribution in [1.29, 1.82) is 0 Å². The summed E-state index contributed by atoms with van der Waals surface area (Å²) in [6.45, 7) is 5.45. The van der Waals surface area contributed by atoms with Crippen LogP contribution in [0.2, 0.25) is 0 Å². The average Bonchev–Trinajstić information content (AvgIpc) is 2.71. The van der Waals surface area contributed by atoms with Crippen LogP contribution in [0.4, 0.5) is 0 Å². The summed E-state index contributed by atoms with van der Waals surface area (Å²) in [6, 6.07) is 0.440. The SMILES string of the molecule is CCNC(c1cnnn1C)C1CC1C. The fraction of sp³-hybridized carbons (Fsp3) is 0.800. The van der Waals surface area contributed by atoms with Crippen LogP contribution in [-0.4, -0.2) is 21.5 Å². The first kappa shape index (κ1) is 9.65. The van der Waals surface area contributed by atoms with Crippen LogP contribution in [-0.2, 0) is 7.05 Å². The van der Waals surface area contributed by atoms with Gasteiger partial charge in [-0.3, -0.25) is 4.68 Å². The van der Waals surface area contributed by atoms with Crippen LogP contribution in [0.3, 0.4) is 0 Å². The third-order valence-electron chi connectivity index (χ3n) is 3.09. The molecule has 3 atom stereocenters. The van der Waals surface area contributed by atoms with Crippen molar-refractivity contribution in [3.8, 4) is 0 Å². The van der Waals surface area contributed by atoms with E-state index < -0.39 is 0 Å². The molecule has 1 aromatic rings. The molecule has 4 heteroatoms. The third-order valence-corrected chi connectivity index (χ3v) is 3.09. The van der Waals surface area contributed by atoms with Gasteiger partial charge in [0.2, 0.25) is 0 Å². The van der Waals surface area contributed by atoms with Gasteiger partial charge in [0, 0.05) is 7.05 Å². The standard InChI is InChI=1S/C10H18N4/c1-4-11-10(8-5-7(8)2)9-6-12-13-14(9)3/h6-8,10-11H,4-5H2,1-3H3. The molecule has 2 rings (SSSR count). The number of rotatable bonds is 4. The maximum atomic E-state index is 3.98. The Labute approximate surface area is 84.7 Å². The number of nitrogens with one attached hydrogen (secondary N) is 1. The lowest BCUT2D eigenvalue weighted by molar-refractivity contribution is 0.445. The molecule has 3 unspecified atom stereocenters. The zero-order valence-corrected chi connectivity index (χ0v) is 9.07. The zero-order chi connectivity index (χ0) is 10.1. The van der Waals surface area contributed by atoms with Crippen molar-refractivity contribution < 1.29 is 0 Å². The molecule has 0 bridgehead atoms. The molecule has 1 saturated carbocycles. The molecule has 4 nitrogen and oxygen atoms in total. The summed E-state index contributed by atoms with van der Waals surface area (Å²) in [7, 11) is 1.96. The second kappa shape index (κ2) is 3.69. The highest BCUT2D eigenvalue weighted by molar-refractivity contribution is 5.09. The van der Waals surface area contributed by atoms with Gasteiger partial charge in [-0.25, -0.2) is 0 Å². The molecular weight excluding hydrogens is 176 g/mol. The monoisotopic (exact) mass is 194 g/mol. The van der Waals surface area contributed by atoms with Crippen LogP contribution >= 0.6 is 0 Å². The van der Waals surface area contributed by atoms with E-state index in [1.807, 2.05) is 17.9 Å². The fourth-order valence-electron chi connectivity index (χ4n) is 2.09. The molecule has 0 spiro atoms. The lowest BCUT2D eigenvalue weighted by atomic mass is 10.1. The summed E-state index contributed by atoms with van der Waals surface area (Å²) >= 11 is 0. The van der Waals surface area contributed by atoms with Crippen molar-refractivity contribution >= 4 is 0 Å². The second-order valence-corrected chi connectivity index (χ2v) is 4.19. The molecule has 78 valence electrons. The summed E-state index contributed by atoms with van der Waals surface area (Å²) in [5, 5.41) is 11.4. The highest BCUT2D eigenvalue weighted by Crippen LogP contribution is 2.46. The van der Waals surface area contributed by atoms with E-state index in [-0.39, 0.29) is 0 Å². The lowest BCUT2D eigenvalue weighted by Crippen LogP contribution is -2.25. The normalized spacial score (nSPS) is 27.6. The predicted molar refractivity (Wildman–Crippen MR) is 54.7 cm³/mol. The van der Waals surface area contributed by atoms with Crippen LogP contribution < -0.4 is 5.32 Å². The van der Waals surface area contributed by atoms with E-state index >= 15 is 0 Å². The first-order valence-corrected chi connectivity index (χ1v) is 5.32. The van der Waals surface area contributed by atoms with Gasteiger partial charge in [0.15, 0.2) is 0 Å². The van der Waals surface area contributed by atoms with Crippen LogP contribution in [0, 0.1) is 11.8 Å². The Bertz CT molecular complexity index is 307. The second-order valence-electron chi connectivity index (χ2n) is 4.19. The molecule has 0 amide bonds. The molecule has 1 aliphatic carbocycles. The Kier molecular flexibility index (Phi) is 2.54. The van der Waals surface area contributed by atoms with Gasteiger partial charge in [0.25, 0.3) is 0 Å². The van der Waals surface area contributed by atoms with E-state index in [0.717, 1.165) is 18.4 Å². The summed E-state index contributed by atoms with van der Waals surface area (Å²) < 4.78 is 1.87. The van der Waals surface area contributed by atoms with E-state index in [2.05, 4.69) is 29.5 Å². The number of hydrogen-bond acceptors (Lipinski definition) is 3. The van der Waals surface area contributed by atoms with Crippen LogP contribution in [0.5, 0.6) is 0 Å². The van der Waals surface area contributed by atoms with Gasteiger partial charge in [-0.05, 0) is 24.8 Å². The lowest BCUT2D eigenvalue weighted by Gasteiger charge is -2.17. The maximum absolute atomic E-state index is 3.98. The number of aromatic nitrogens is 3. The Morgan fingerprint density at radius 3 is 2.86 bits per heavy atom. The van der Waals surface area contributed by atoms with Gasteiger partial charge in [0.1, 0.15) is 0 Å². The molecule has 0 aromatic carbocycles. The fourth-order valence-corrected chi connectivity index (χ4v) is 2.09. The Hall–Kier alpha value is -0.900. The van der Waals surface area contributed by atoms with E-state index in [0.29, 0.717) is 6.04 Å². The minimum atomic E-state index is 0.440. The van der Waals surface area contributed by atoms with E-state index in [4.69, 9.17) is 0 Å². The average molecular weight is 194 g/mol. The molecule has 0 radical (unpaired) electrons. The first-order valence-electron chi connectivity index (χ1n) is 5.32. The molecular formula is C10H18N4. The van der Waals surface area contributed by atoms with Crippen molar-refractivity contribution in [3.05, 3.63) is 11.9 Å². The number of nitrogens with zero attached hydrogens (tertiary/aromatic N) is 3. The van der Waals surface area contributed by atoms with Gasteiger partial charge in [-0.15, -0.1) is 5.10 Å². The molecule has 0 saturated heterocycles. The van der Waals surface area contributed by atoms with E-state index in [1.165, 1.54) is 12.1 Å². The summed E-state index contributed by atoms with van der Waals surface area (Å²) in [5.41, 5.74) is 1.21. The highest BCUT2D eigenvalue weighted by Gasteiger charge is 2.40. The topological polar surface area (TPSA) is 42.7 Å². The minimum absolute atomic E-state index is 0.440. The molecule has 1 heterocycles. The van der Waals surface area contributed by atoms with E-state index in [9.17, 15) is 0 Å². The van der Waals surface area contributed by atoms with Crippen molar-refractivity contribution in [2.45, 2.75) is 26.3 Å². The third kappa shape index (κ3) is 1.66. The highest BCUT2D eigenvalue weighted by atomic mass is 15.4. The summed E-state index contributed by atoms with van der Waals surface area (Å²) in [6.07, 6.45) is 3.20. The molecule has 1 aliphatic rings. The van der Waals surface area contributed by atoms with Gasteiger partial charge >= 0.3 is 0 Å². The van der Waals surface area contributed by atoms with Crippen LogP contribution in [0.15, 0.2) is 6.20 Å². The first-order chi connectivity index (χ1) is 6.74. The quantitative estimate of drug-likeness (QED) is 0.781. The molecule has 14 heavy (non-hydrogen) atoms. The largest absolute Gasteiger partial charge is 0.309 e. The van der Waals surface area contributed by atoms with Crippen molar-refractivity contribution in [3.63, 3.8) is 0 Å². The van der Waals surface area contributed by atoms with Crippen molar-refractivity contribution in [2.24, 2.45) is 18.9 Å². The van der Waals surface area contributed by atoms with Gasteiger partial charge in [-0.2, -0.15) is 0 Å². The van der Waals surface area contributed by atoms with Crippen LogP contribution in [0.1, 0.15) is 32.0 Å². The predicted octanol–water partition coefficient (Wildman–Crippen LogP) is 1.12.